The van der Waals surface area contributed by atoms with Gasteiger partial charge >= 0.3 is 0 Å². The third kappa shape index (κ3) is 1.61. The summed E-state index contributed by atoms with van der Waals surface area (Å²) < 4.78 is 11.8. The fourth-order valence-electron chi connectivity index (χ4n) is 1.25. The minimum Gasteiger partial charge on any atom is -0.344 e. The number of hydrogen-bond acceptors (Lipinski definition) is 1. The highest BCUT2D eigenvalue weighted by molar-refractivity contribution is 5.58. The number of anilines is 1. The summed E-state index contributed by atoms with van der Waals surface area (Å²) in [5.74, 6) is 0. The van der Waals surface area contributed by atoms with Crippen molar-refractivity contribution < 1.29 is 4.39 Å². The van der Waals surface area contributed by atoms with Gasteiger partial charge in [-0.15, -0.1) is 0 Å². The van der Waals surface area contributed by atoms with Crippen molar-refractivity contribution in [3.63, 3.8) is 0 Å². The van der Waals surface area contributed by atoms with Crippen molar-refractivity contribution in [3.8, 4) is 0 Å². The largest absolute Gasteiger partial charge is 0.344 e. The second kappa shape index (κ2) is 3.44. The smallest absolute Gasteiger partial charge is 0.0872 e. The molecule has 66 valence electrons. The van der Waals surface area contributed by atoms with Crippen molar-refractivity contribution in [3.05, 3.63) is 48.4 Å². The maximum Gasteiger partial charge on any atom is 0.0872 e. The van der Waals surface area contributed by atoms with Crippen LogP contribution in [0.25, 0.3) is 6.08 Å². The Morgan fingerprint density at radius 2 is 1.92 bits per heavy atom. The van der Waals surface area contributed by atoms with E-state index in [-0.39, 0.29) is 0 Å². The van der Waals surface area contributed by atoms with Gasteiger partial charge in [0.2, 0.25) is 0 Å². The molecule has 1 aromatic rings. The quantitative estimate of drug-likeness (QED) is 0.668. The van der Waals surface area contributed by atoms with Crippen LogP contribution in [0.3, 0.4) is 0 Å². The molecule has 2 rings (SSSR count). The fraction of sp³-hybridized carbons (Fsp3) is 0.0909. The molecule has 13 heavy (non-hydrogen) atoms. The van der Waals surface area contributed by atoms with Crippen molar-refractivity contribution in [2.45, 2.75) is 0 Å². The van der Waals surface area contributed by atoms with Crippen molar-refractivity contribution in [1.29, 1.82) is 0 Å². The molecule has 0 saturated heterocycles. The average molecular weight is 175 g/mol. The standard InChI is InChI=1S/C11H10FN/c12-7-6-10-2-4-11(5-3-10)13-8-1-9-13/h1-8H,9H2. The van der Waals surface area contributed by atoms with Gasteiger partial charge in [0.1, 0.15) is 0 Å². The Bertz CT molecular complexity index is 338. The normalized spacial score (nSPS) is 15.0. The van der Waals surface area contributed by atoms with Crippen LogP contribution in [-0.2, 0) is 0 Å². The summed E-state index contributed by atoms with van der Waals surface area (Å²) in [6, 6.07) is 7.77. The van der Waals surface area contributed by atoms with Crippen LogP contribution in [0.2, 0.25) is 0 Å². The molecule has 0 aliphatic carbocycles. The molecular formula is C11H10FN. The van der Waals surface area contributed by atoms with Crippen LogP contribution in [0.15, 0.2) is 42.9 Å². The molecule has 0 amide bonds. The third-order valence-electron chi connectivity index (χ3n) is 2.07. The van der Waals surface area contributed by atoms with Crippen molar-refractivity contribution in [2.75, 3.05) is 11.4 Å². The first-order valence-electron chi connectivity index (χ1n) is 4.20. The summed E-state index contributed by atoms with van der Waals surface area (Å²) in [5, 5.41) is 0. The predicted molar refractivity (Wildman–Crippen MR) is 53.1 cm³/mol. The number of hydrogen-bond donors (Lipinski definition) is 0. The summed E-state index contributed by atoms with van der Waals surface area (Å²) in [6.07, 6.45) is 6.11. The van der Waals surface area contributed by atoms with Gasteiger partial charge in [-0.2, -0.15) is 0 Å². The van der Waals surface area contributed by atoms with Crippen molar-refractivity contribution in [1.82, 2.24) is 0 Å². The second-order valence-corrected chi connectivity index (χ2v) is 2.92. The van der Waals surface area contributed by atoms with E-state index in [9.17, 15) is 4.39 Å². The molecule has 0 fully saturated rings. The Balaban J connectivity index is 2.18. The number of nitrogens with zero attached hydrogens (tertiary/aromatic N) is 1. The summed E-state index contributed by atoms with van der Waals surface area (Å²) in [6.45, 7) is 0.971. The van der Waals surface area contributed by atoms with Crippen LogP contribution < -0.4 is 4.90 Å². The molecule has 0 atom stereocenters. The molecule has 0 spiro atoms. The molecule has 0 bridgehead atoms. The topological polar surface area (TPSA) is 3.24 Å². The molecule has 1 aliphatic rings. The highest BCUT2D eigenvalue weighted by atomic mass is 19.1. The van der Waals surface area contributed by atoms with Crippen LogP contribution >= 0.6 is 0 Å². The van der Waals surface area contributed by atoms with E-state index < -0.39 is 0 Å². The predicted octanol–water partition coefficient (Wildman–Crippen LogP) is 2.96. The Morgan fingerprint density at radius 1 is 1.23 bits per heavy atom. The van der Waals surface area contributed by atoms with E-state index in [1.54, 1.807) is 0 Å². The zero-order valence-corrected chi connectivity index (χ0v) is 7.15. The molecule has 1 nitrogen and oxygen atoms in total. The second-order valence-electron chi connectivity index (χ2n) is 2.92. The van der Waals surface area contributed by atoms with Gasteiger partial charge in [0, 0.05) is 18.4 Å². The molecule has 2 heteroatoms. The zero-order valence-electron chi connectivity index (χ0n) is 7.15. The number of benzene rings is 1. The molecule has 1 aliphatic heterocycles. The molecular weight excluding hydrogens is 165 g/mol. The van der Waals surface area contributed by atoms with Gasteiger partial charge in [0.05, 0.1) is 6.33 Å². The third-order valence-corrected chi connectivity index (χ3v) is 2.07. The van der Waals surface area contributed by atoms with Gasteiger partial charge in [-0.1, -0.05) is 12.1 Å². The number of halogens is 1. The summed E-state index contributed by atoms with van der Waals surface area (Å²) in [4.78, 5) is 2.13. The summed E-state index contributed by atoms with van der Waals surface area (Å²) >= 11 is 0. The van der Waals surface area contributed by atoms with Gasteiger partial charge in [-0.05, 0) is 29.8 Å². The van der Waals surface area contributed by atoms with E-state index >= 15 is 0 Å². The average Bonchev–Trinajstić information content (AvgIpc) is 2.06. The summed E-state index contributed by atoms with van der Waals surface area (Å²) in [5.41, 5.74) is 2.04. The molecule has 1 heterocycles. The Hall–Kier alpha value is -1.57. The molecule has 0 aromatic heterocycles. The van der Waals surface area contributed by atoms with Gasteiger partial charge in [0.15, 0.2) is 0 Å². The van der Waals surface area contributed by atoms with E-state index in [0.717, 1.165) is 17.8 Å². The first-order chi connectivity index (χ1) is 6.40. The lowest BCUT2D eigenvalue weighted by molar-refractivity contribution is 0.727. The molecule has 1 aromatic carbocycles. The van der Waals surface area contributed by atoms with Crippen molar-refractivity contribution in [2.24, 2.45) is 0 Å². The molecule has 0 unspecified atom stereocenters. The fourth-order valence-corrected chi connectivity index (χ4v) is 1.25. The minimum atomic E-state index is 0.554. The van der Waals surface area contributed by atoms with Gasteiger partial charge in [-0.3, -0.25) is 0 Å². The Kier molecular flexibility index (Phi) is 2.13. The number of rotatable bonds is 2. The van der Waals surface area contributed by atoms with Crippen LogP contribution in [0.4, 0.5) is 10.1 Å². The van der Waals surface area contributed by atoms with Crippen LogP contribution in [0.5, 0.6) is 0 Å². The Labute approximate surface area is 76.8 Å². The van der Waals surface area contributed by atoms with Crippen molar-refractivity contribution >= 4 is 11.8 Å². The lowest BCUT2D eigenvalue weighted by Gasteiger charge is -2.25. The Morgan fingerprint density at radius 3 is 2.38 bits per heavy atom. The lowest BCUT2D eigenvalue weighted by atomic mass is 10.2. The minimum absolute atomic E-state index is 0.554. The van der Waals surface area contributed by atoms with E-state index in [0.29, 0.717) is 6.33 Å². The van der Waals surface area contributed by atoms with E-state index in [1.807, 2.05) is 30.5 Å². The maximum atomic E-state index is 11.8. The highest BCUT2D eigenvalue weighted by Crippen LogP contribution is 2.19. The van der Waals surface area contributed by atoms with E-state index in [4.69, 9.17) is 0 Å². The lowest BCUT2D eigenvalue weighted by Crippen LogP contribution is -2.23. The van der Waals surface area contributed by atoms with Crippen LogP contribution in [0, 0.1) is 0 Å². The first kappa shape index (κ1) is 8.05. The van der Waals surface area contributed by atoms with Crippen LogP contribution in [-0.4, -0.2) is 6.54 Å². The van der Waals surface area contributed by atoms with E-state index in [1.165, 1.54) is 6.08 Å². The summed E-state index contributed by atoms with van der Waals surface area (Å²) in [7, 11) is 0. The maximum absolute atomic E-state index is 11.8. The van der Waals surface area contributed by atoms with E-state index in [2.05, 4.69) is 11.0 Å². The SMILES string of the molecule is FC=Cc1ccc(N2C=CC2)cc1. The zero-order chi connectivity index (χ0) is 9.10. The highest BCUT2D eigenvalue weighted by Gasteiger charge is 2.05. The molecule has 0 radical (unpaired) electrons. The molecule has 0 N–H and O–H groups in total. The van der Waals surface area contributed by atoms with Crippen LogP contribution in [0.1, 0.15) is 5.56 Å². The first-order valence-corrected chi connectivity index (χ1v) is 4.20. The van der Waals surface area contributed by atoms with Gasteiger partial charge < -0.3 is 4.90 Å². The van der Waals surface area contributed by atoms with Gasteiger partial charge in [0.25, 0.3) is 0 Å². The monoisotopic (exact) mass is 175 g/mol. The van der Waals surface area contributed by atoms with Gasteiger partial charge in [-0.25, -0.2) is 4.39 Å². The molecule has 0 saturated carbocycles.